The fourth-order valence-corrected chi connectivity index (χ4v) is 3.71. The summed E-state index contributed by atoms with van der Waals surface area (Å²) < 4.78 is 6.27. The van der Waals surface area contributed by atoms with Crippen molar-refractivity contribution in [2.45, 2.75) is 65.3 Å². The number of rotatable bonds is 4. The molecule has 0 heterocycles. The molecule has 0 aromatic rings. The van der Waals surface area contributed by atoms with Crippen LogP contribution in [0.2, 0.25) is 19.6 Å². The van der Waals surface area contributed by atoms with Crippen LogP contribution in [0.3, 0.4) is 0 Å². The minimum atomic E-state index is -1.32. The summed E-state index contributed by atoms with van der Waals surface area (Å²) in [6.45, 7) is 11.6. The minimum Gasteiger partial charge on any atom is -0.414 e. The third-order valence-corrected chi connectivity index (χ3v) is 4.39. The summed E-state index contributed by atoms with van der Waals surface area (Å²) in [6, 6.07) is 0. The van der Waals surface area contributed by atoms with E-state index in [0.29, 0.717) is 6.10 Å². The summed E-state index contributed by atoms with van der Waals surface area (Å²) in [5, 5.41) is 0. The summed E-state index contributed by atoms with van der Waals surface area (Å²) in [5.41, 5.74) is 0. The van der Waals surface area contributed by atoms with Crippen molar-refractivity contribution in [2.75, 3.05) is 0 Å². The molecule has 1 saturated carbocycles. The largest absolute Gasteiger partial charge is 0.414 e. The highest BCUT2D eigenvalue weighted by Crippen LogP contribution is 2.36. The third kappa shape index (κ3) is 3.39. The van der Waals surface area contributed by atoms with E-state index in [1.165, 1.54) is 25.7 Å². The average Bonchev–Trinajstić information content (AvgIpc) is 2.48. The van der Waals surface area contributed by atoms with E-state index in [2.05, 4.69) is 33.5 Å². The zero-order valence-corrected chi connectivity index (χ0v) is 11.5. The third-order valence-electron chi connectivity index (χ3n) is 3.38. The van der Waals surface area contributed by atoms with E-state index < -0.39 is 8.32 Å². The molecule has 14 heavy (non-hydrogen) atoms. The predicted molar refractivity (Wildman–Crippen MR) is 65.0 cm³/mol. The van der Waals surface area contributed by atoms with Crippen molar-refractivity contribution in [3.63, 3.8) is 0 Å². The molecule has 0 aliphatic heterocycles. The molecule has 0 saturated heterocycles. The summed E-state index contributed by atoms with van der Waals surface area (Å²) in [7, 11) is -1.32. The Kier molecular flexibility index (Phi) is 4.20. The SMILES string of the molecule is CCC(C)C1CCCC1O[Si](C)(C)C. The summed E-state index contributed by atoms with van der Waals surface area (Å²) in [4.78, 5) is 0. The van der Waals surface area contributed by atoms with Gasteiger partial charge in [-0.25, -0.2) is 0 Å². The van der Waals surface area contributed by atoms with Crippen LogP contribution in [-0.4, -0.2) is 14.4 Å². The maximum Gasteiger partial charge on any atom is 0.184 e. The van der Waals surface area contributed by atoms with Crippen molar-refractivity contribution in [3.8, 4) is 0 Å². The van der Waals surface area contributed by atoms with Crippen LogP contribution < -0.4 is 0 Å². The van der Waals surface area contributed by atoms with Gasteiger partial charge >= 0.3 is 0 Å². The van der Waals surface area contributed by atoms with E-state index >= 15 is 0 Å². The lowest BCUT2D eigenvalue weighted by molar-refractivity contribution is 0.118. The summed E-state index contributed by atoms with van der Waals surface area (Å²) >= 11 is 0. The first-order valence-corrected chi connectivity index (χ1v) is 9.52. The van der Waals surface area contributed by atoms with E-state index in [1.54, 1.807) is 0 Å². The zero-order valence-electron chi connectivity index (χ0n) is 10.5. The van der Waals surface area contributed by atoms with Gasteiger partial charge in [-0.05, 0) is 44.3 Å². The monoisotopic (exact) mass is 214 g/mol. The molecule has 0 N–H and O–H groups in total. The topological polar surface area (TPSA) is 9.23 Å². The Hall–Kier alpha value is 0.177. The highest BCUT2D eigenvalue weighted by Gasteiger charge is 2.34. The van der Waals surface area contributed by atoms with Gasteiger partial charge < -0.3 is 4.43 Å². The Labute approximate surface area is 90.4 Å². The molecule has 1 rings (SSSR count). The van der Waals surface area contributed by atoms with Crippen molar-refractivity contribution < 1.29 is 4.43 Å². The van der Waals surface area contributed by atoms with Crippen LogP contribution in [0.25, 0.3) is 0 Å². The normalized spacial score (nSPS) is 30.6. The molecule has 2 heteroatoms. The van der Waals surface area contributed by atoms with Gasteiger partial charge in [-0.15, -0.1) is 0 Å². The van der Waals surface area contributed by atoms with Gasteiger partial charge in [-0.3, -0.25) is 0 Å². The minimum absolute atomic E-state index is 0.580. The van der Waals surface area contributed by atoms with E-state index in [1.807, 2.05) is 0 Å². The molecule has 1 fully saturated rings. The smallest absolute Gasteiger partial charge is 0.184 e. The van der Waals surface area contributed by atoms with Gasteiger partial charge in [-0.1, -0.05) is 26.7 Å². The van der Waals surface area contributed by atoms with Gasteiger partial charge in [0.05, 0.1) is 0 Å². The van der Waals surface area contributed by atoms with Gasteiger partial charge in [0.1, 0.15) is 0 Å². The average molecular weight is 214 g/mol. The van der Waals surface area contributed by atoms with E-state index in [0.717, 1.165) is 11.8 Å². The molecule has 1 aliphatic carbocycles. The van der Waals surface area contributed by atoms with Crippen molar-refractivity contribution in [3.05, 3.63) is 0 Å². The second-order valence-electron chi connectivity index (χ2n) is 5.75. The van der Waals surface area contributed by atoms with Crippen LogP contribution in [-0.2, 0) is 4.43 Å². The molecule has 84 valence electrons. The van der Waals surface area contributed by atoms with Gasteiger partial charge in [0, 0.05) is 6.10 Å². The maximum absolute atomic E-state index is 6.27. The Bertz CT molecular complexity index is 174. The molecule has 0 bridgehead atoms. The Balaban J connectivity index is 2.51. The van der Waals surface area contributed by atoms with Gasteiger partial charge in [0.25, 0.3) is 0 Å². The van der Waals surface area contributed by atoms with Crippen molar-refractivity contribution in [1.29, 1.82) is 0 Å². The molecule has 0 amide bonds. The second-order valence-corrected chi connectivity index (χ2v) is 10.2. The van der Waals surface area contributed by atoms with E-state index in [4.69, 9.17) is 4.43 Å². The van der Waals surface area contributed by atoms with Crippen LogP contribution in [0.1, 0.15) is 39.5 Å². The molecule has 0 spiro atoms. The molecular weight excluding hydrogens is 188 g/mol. The summed E-state index contributed by atoms with van der Waals surface area (Å²) in [5.74, 6) is 1.69. The Morgan fingerprint density at radius 3 is 2.43 bits per heavy atom. The Morgan fingerprint density at radius 1 is 1.29 bits per heavy atom. The summed E-state index contributed by atoms with van der Waals surface area (Å²) in [6.07, 6.45) is 5.96. The second kappa shape index (κ2) is 4.80. The standard InChI is InChI=1S/C12H26OSi/c1-6-10(2)11-8-7-9-12(11)13-14(3,4)5/h10-12H,6-9H2,1-5H3. The fraction of sp³-hybridized carbons (Fsp3) is 1.00. The molecule has 1 nitrogen and oxygen atoms in total. The first kappa shape index (κ1) is 12.2. The van der Waals surface area contributed by atoms with Gasteiger partial charge in [-0.2, -0.15) is 0 Å². The molecule has 0 aromatic carbocycles. The molecule has 3 unspecified atom stereocenters. The van der Waals surface area contributed by atoms with Crippen LogP contribution >= 0.6 is 0 Å². The lowest BCUT2D eigenvalue weighted by Gasteiger charge is -2.30. The lowest BCUT2D eigenvalue weighted by atomic mass is 9.89. The highest BCUT2D eigenvalue weighted by atomic mass is 28.4. The zero-order chi connectivity index (χ0) is 10.8. The first-order chi connectivity index (χ1) is 6.44. The number of hydrogen-bond donors (Lipinski definition) is 0. The van der Waals surface area contributed by atoms with Crippen LogP contribution in [0.15, 0.2) is 0 Å². The Morgan fingerprint density at radius 2 is 1.93 bits per heavy atom. The predicted octanol–water partition coefficient (Wildman–Crippen LogP) is 4.05. The molecule has 1 aliphatic rings. The van der Waals surface area contributed by atoms with E-state index in [-0.39, 0.29) is 0 Å². The molecule has 0 aromatic heterocycles. The molecular formula is C12H26OSi. The van der Waals surface area contributed by atoms with Gasteiger partial charge in [0.2, 0.25) is 0 Å². The van der Waals surface area contributed by atoms with Crippen LogP contribution in [0.4, 0.5) is 0 Å². The van der Waals surface area contributed by atoms with Crippen LogP contribution in [0, 0.1) is 11.8 Å². The highest BCUT2D eigenvalue weighted by molar-refractivity contribution is 6.69. The maximum atomic E-state index is 6.27. The lowest BCUT2D eigenvalue weighted by Crippen LogP contribution is -2.35. The van der Waals surface area contributed by atoms with Crippen molar-refractivity contribution >= 4 is 8.32 Å². The van der Waals surface area contributed by atoms with Gasteiger partial charge in [0.15, 0.2) is 8.32 Å². The van der Waals surface area contributed by atoms with Crippen molar-refractivity contribution in [1.82, 2.24) is 0 Å². The van der Waals surface area contributed by atoms with Crippen molar-refractivity contribution in [2.24, 2.45) is 11.8 Å². The quantitative estimate of drug-likeness (QED) is 0.641. The molecule has 3 atom stereocenters. The molecule has 0 radical (unpaired) electrons. The fourth-order valence-electron chi connectivity index (χ4n) is 2.51. The first-order valence-electron chi connectivity index (χ1n) is 6.12. The van der Waals surface area contributed by atoms with E-state index in [9.17, 15) is 0 Å². The van der Waals surface area contributed by atoms with Crippen LogP contribution in [0.5, 0.6) is 0 Å². The number of hydrogen-bond acceptors (Lipinski definition) is 1.